The second-order valence-electron chi connectivity index (χ2n) is 9.07. The number of aryl methyl sites for hydroxylation is 2. The van der Waals surface area contributed by atoms with E-state index in [4.69, 9.17) is 4.98 Å². The first-order chi connectivity index (χ1) is 16.5. The van der Waals surface area contributed by atoms with Crippen molar-refractivity contribution in [2.75, 3.05) is 18.0 Å². The number of thiophene rings is 1. The molecule has 174 valence electrons. The maximum atomic E-state index is 12.9. The van der Waals surface area contributed by atoms with Gasteiger partial charge < -0.3 is 10.2 Å². The maximum absolute atomic E-state index is 12.9. The van der Waals surface area contributed by atoms with E-state index in [1.807, 2.05) is 22.4 Å². The van der Waals surface area contributed by atoms with Crippen LogP contribution in [0.4, 0.5) is 5.95 Å². The summed E-state index contributed by atoms with van der Waals surface area (Å²) in [4.78, 5) is 35.6. The van der Waals surface area contributed by atoms with Crippen molar-refractivity contribution >= 4 is 33.4 Å². The van der Waals surface area contributed by atoms with Gasteiger partial charge in [-0.1, -0.05) is 59.7 Å². The van der Waals surface area contributed by atoms with Gasteiger partial charge in [0.25, 0.3) is 5.56 Å². The number of rotatable bonds is 5. The molecule has 4 aromatic rings. The zero-order chi connectivity index (χ0) is 23.7. The van der Waals surface area contributed by atoms with Crippen LogP contribution in [0.2, 0.25) is 0 Å². The van der Waals surface area contributed by atoms with Crippen molar-refractivity contribution < 1.29 is 4.79 Å². The first kappa shape index (κ1) is 22.3. The summed E-state index contributed by atoms with van der Waals surface area (Å²) in [7, 11) is 0. The van der Waals surface area contributed by atoms with Crippen LogP contribution in [0.5, 0.6) is 0 Å². The third-order valence-electron chi connectivity index (χ3n) is 6.46. The third-order valence-corrected chi connectivity index (χ3v) is 7.42. The number of benzene rings is 2. The summed E-state index contributed by atoms with van der Waals surface area (Å²) in [6.45, 7) is 5.93. The standard InChI is InChI=1S/C27H28N4O2S/c1-17-5-9-19(10-6-17)14-28-25(32)21-4-3-13-31(15-21)27-29-23-22(16-34-24(23)26(33)30-27)20-11-7-18(2)8-12-20/h5-12,16,21H,3-4,13-15H2,1-2H3,(H,28,32)(H,29,30,33)/t21-/m1/s1. The molecule has 1 fully saturated rings. The molecule has 0 radical (unpaired) electrons. The highest BCUT2D eigenvalue weighted by Crippen LogP contribution is 2.32. The van der Waals surface area contributed by atoms with Gasteiger partial charge in [-0.25, -0.2) is 4.98 Å². The molecular weight excluding hydrogens is 444 g/mol. The summed E-state index contributed by atoms with van der Waals surface area (Å²) in [5.41, 5.74) is 6.09. The zero-order valence-corrected chi connectivity index (χ0v) is 20.2. The van der Waals surface area contributed by atoms with E-state index < -0.39 is 0 Å². The number of aromatic amines is 1. The molecule has 7 heteroatoms. The summed E-state index contributed by atoms with van der Waals surface area (Å²) in [5.74, 6) is 0.448. The molecule has 2 aromatic heterocycles. The van der Waals surface area contributed by atoms with Crippen LogP contribution >= 0.6 is 11.3 Å². The van der Waals surface area contributed by atoms with Crippen molar-refractivity contribution in [2.24, 2.45) is 5.92 Å². The lowest BCUT2D eigenvalue weighted by Crippen LogP contribution is -2.44. The lowest BCUT2D eigenvalue weighted by molar-refractivity contribution is -0.125. The van der Waals surface area contributed by atoms with Crippen molar-refractivity contribution in [1.82, 2.24) is 15.3 Å². The van der Waals surface area contributed by atoms with Crippen molar-refractivity contribution in [2.45, 2.75) is 33.2 Å². The molecular formula is C27H28N4O2S. The smallest absolute Gasteiger partial charge is 0.270 e. The number of nitrogens with one attached hydrogen (secondary N) is 2. The third kappa shape index (κ3) is 4.61. The fourth-order valence-electron chi connectivity index (χ4n) is 4.43. The molecule has 2 N–H and O–H groups in total. The topological polar surface area (TPSA) is 78.1 Å². The van der Waals surface area contributed by atoms with E-state index in [1.54, 1.807) is 0 Å². The molecule has 0 bridgehead atoms. The zero-order valence-electron chi connectivity index (χ0n) is 19.4. The van der Waals surface area contributed by atoms with Gasteiger partial charge in [-0.2, -0.15) is 0 Å². The summed E-state index contributed by atoms with van der Waals surface area (Å²) < 4.78 is 0.628. The molecule has 1 saturated heterocycles. The summed E-state index contributed by atoms with van der Waals surface area (Å²) in [6.07, 6.45) is 1.70. The SMILES string of the molecule is Cc1ccc(CNC(=O)[C@@H]2CCCN(c3nc4c(-c5ccc(C)cc5)csc4c(=O)[nH]3)C2)cc1. The van der Waals surface area contributed by atoms with Crippen LogP contribution in [-0.4, -0.2) is 29.0 Å². The highest BCUT2D eigenvalue weighted by molar-refractivity contribution is 7.17. The monoisotopic (exact) mass is 472 g/mol. The number of amides is 1. The molecule has 1 amide bonds. The van der Waals surface area contributed by atoms with Crippen LogP contribution in [0, 0.1) is 19.8 Å². The predicted octanol–water partition coefficient (Wildman–Crippen LogP) is 4.80. The first-order valence-electron chi connectivity index (χ1n) is 11.6. The molecule has 1 aliphatic rings. The lowest BCUT2D eigenvalue weighted by atomic mass is 9.97. The lowest BCUT2D eigenvalue weighted by Gasteiger charge is -2.32. The quantitative estimate of drug-likeness (QED) is 0.437. The molecule has 1 aliphatic heterocycles. The average molecular weight is 473 g/mol. The number of H-pyrrole nitrogens is 1. The van der Waals surface area contributed by atoms with Gasteiger partial charge >= 0.3 is 0 Å². The van der Waals surface area contributed by atoms with Gasteiger partial charge in [0.1, 0.15) is 4.70 Å². The van der Waals surface area contributed by atoms with Crippen molar-refractivity contribution in [3.05, 3.63) is 81.0 Å². The van der Waals surface area contributed by atoms with Gasteiger partial charge in [-0.3, -0.25) is 14.6 Å². The van der Waals surface area contributed by atoms with Crippen LogP contribution in [-0.2, 0) is 11.3 Å². The van der Waals surface area contributed by atoms with E-state index in [0.717, 1.165) is 41.6 Å². The van der Waals surface area contributed by atoms with Crippen LogP contribution in [0.25, 0.3) is 21.3 Å². The number of aromatic nitrogens is 2. The molecule has 1 atom stereocenters. The number of hydrogen-bond acceptors (Lipinski definition) is 5. The van der Waals surface area contributed by atoms with Gasteiger partial charge in [0.2, 0.25) is 11.9 Å². The Hall–Kier alpha value is -3.45. The minimum absolute atomic E-state index is 0.0459. The Kier molecular flexibility index (Phi) is 6.20. The molecule has 0 aliphatic carbocycles. The number of carbonyl (C=O) groups excluding carboxylic acids is 1. The van der Waals surface area contributed by atoms with Gasteiger partial charge in [-0.05, 0) is 37.8 Å². The Balaban J connectivity index is 1.35. The Bertz CT molecular complexity index is 1370. The van der Waals surface area contributed by atoms with E-state index >= 15 is 0 Å². The van der Waals surface area contributed by atoms with Gasteiger partial charge in [-0.15, -0.1) is 11.3 Å². The fourth-order valence-corrected chi connectivity index (χ4v) is 5.34. The fraction of sp³-hybridized carbons (Fsp3) is 0.296. The summed E-state index contributed by atoms with van der Waals surface area (Å²) in [5, 5.41) is 5.07. The highest BCUT2D eigenvalue weighted by atomic mass is 32.1. The number of hydrogen-bond donors (Lipinski definition) is 2. The van der Waals surface area contributed by atoms with E-state index in [0.29, 0.717) is 23.7 Å². The van der Waals surface area contributed by atoms with Crippen LogP contribution < -0.4 is 15.8 Å². The number of nitrogens with zero attached hydrogens (tertiary/aromatic N) is 2. The molecule has 0 unspecified atom stereocenters. The number of carbonyl (C=O) groups is 1. The van der Waals surface area contributed by atoms with E-state index in [1.165, 1.54) is 22.5 Å². The Morgan fingerprint density at radius 1 is 1.12 bits per heavy atom. The van der Waals surface area contributed by atoms with Crippen molar-refractivity contribution in [3.8, 4) is 11.1 Å². The second-order valence-corrected chi connectivity index (χ2v) is 9.95. The van der Waals surface area contributed by atoms with E-state index in [2.05, 4.69) is 60.5 Å². The molecule has 0 saturated carbocycles. The maximum Gasteiger partial charge on any atom is 0.270 e. The molecule has 3 heterocycles. The minimum atomic E-state index is -0.140. The highest BCUT2D eigenvalue weighted by Gasteiger charge is 2.27. The first-order valence-corrected chi connectivity index (χ1v) is 12.5. The van der Waals surface area contributed by atoms with Crippen molar-refractivity contribution in [1.29, 1.82) is 0 Å². The van der Waals surface area contributed by atoms with Crippen LogP contribution in [0.3, 0.4) is 0 Å². The summed E-state index contributed by atoms with van der Waals surface area (Å²) >= 11 is 1.42. The van der Waals surface area contributed by atoms with E-state index in [9.17, 15) is 9.59 Å². The van der Waals surface area contributed by atoms with Gasteiger partial charge in [0.15, 0.2) is 0 Å². The van der Waals surface area contributed by atoms with Crippen molar-refractivity contribution in [3.63, 3.8) is 0 Å². The van der Waals surface area contributed by atoms with E-state index in [-0.39, 0.29) is 17.4 Å². The Morgan fingerprint density at radius 3 is 2.56 bits per heavy atom. The van der Waals surface area contributed by atoms with Gasteiger partial charge in [0, 0.05) is 30.6 Å². The molecule has 5 rings (SSSR count). The minimum Gasteiger partial charge on any atom is -0.352 e. The van der Waals surface area contributed by atoms with Crippen LogP contribution in [0.15, 0.2) is 58.7 Å². The Morgan fingerprint density at radius 2 is 1.82 bits per heavy atom. The largest absolute Gasteiger partial charge is 0.352 e. The average Bonchev–Trinajstić information content (AvgIpc) is 3.29. The normalized spacial score (nSPS) is 16.1. The predicted molar refractivity (Wildman–Crippen MR) is 138 cm³/mol. The number of fused-ring (bicyclic) bond motifs is 1. The second kappa shape index (κ2) is 9.43. The van der Waals surface area contributed by atoms with Crippen LogP contribution in [0.1, 0.15) is 29.5 Å². The molecule has 0 spiro atoms. The Labute approximate surface area is 202 Å². The van der Waals surface area contributed by atoms with Gasteiger partial charge in [0.05, 0.1) is 11.4 Å². The molecule has 6 nitrogen and oxygen atoms in total. The molecule has 34 heavy (non-hydrogen) atoms. The summed E-state index contributed by atoms with van der Waals surface area (Å²) in [6, 6.07) is 16.4. The number of anilines is 1. The number of piperidine rings is 1. The molecule has 2 aromatic carbocycles.